The van der Waals surface area contributed by atoms with E-state index >= 15 is 0 Å². The molecule has 0 radical (unpaired) electrons. The van der Waals surface area contributed by atoms with Crippen LogP contribution in [0.25, 0.3) is 0 Å². The highest BCUT2D eigenvalue weighted by molar-refractivity contribution is 8.01. The van der Waals surface area contributed by atoms with E-state index in [1.165, 1.54) is 0 Å². The highest BCUT2D eigenvalue weighted by Crippen LogP contribution is 2.58. The Labute approximate surface area is 85.8 Å². The molecule has 15 heavy (non-hydrogen) atoms. The molecule has 11 heteroatoms. The molecule has 92 valence electrons. The lowest BCUT2D eigenvalue weighted by Crippen LogP contribution is -2.51. The molecule has 0 bridgehead atoms. The molecular formula is C4ClF9S. The normalized spacial score (nSPS) is 18.8. The fraction of sp³-hybridized carbons (Fsp3) is 1.00. The van der Waals surface area contributed by atoms with Gasteiger partial charge in [0.15, 0.2) is 0 Å². The molecule has 0 heterocycles. The molecule has 0 N–H and O–H groups in total. The first-order chi connectivity index (χ1) is 6.21. The lowest BCUT2D eigenvalue weighted by molar-refractivity contribution is -0.241. The Hall–Kier alpha value is 0.01000. The van der Waals surface area contributed by atoms with E-state index in [4.69, 9.17) is 0 Å². The average molecular weight is 287 g/mol. The quantitative estimate of drug-likeness (QED) is 0.539. The topological polar surface area (TPSA) is 0 Å². The summed E-state index contributed by atoms with van der Waals surface area (Å²) in [6.45, 7) is 0. The van der Waals surface area contributed by atoms with Gasteiger partial charge >= 0.3 is 22.1 Å². The number of thioether (sulfide) groups is 1. The fourth-order valence-corrected chi connectivity index (χ4v) is 1.21. The van der Waals surface area contributed by atoms with E-state index in [1.807, 2.05) is 0 Å². The highest BCUT2D eigenvalue weighted by Gasteiger charge is 2.75. The van der Waals surface area contributed by atoms with Crippen molar-refractivity contribution < 1.29 is 39.5 Å². The molecule has 0 aliphatic heterocycles. The second kappa shape index (κ2) is 3.79. The van der Waals surface area contributed by atoms with Gasteiger partial charge in [0, 0.05) is 11.8 Å². The van der Waals surface area contributed by atoms with Crippen molar-refractivity contribution in [1.29, 1.82) is 0 Å². The Morgan fingerprint density at radius 2 is 1.07 bits per heavy atom. The summed E-state index contributed by atoms with van der Waals surface area (Å²) >= 11 is 1.13. The predicted octanol–water partition coefficient (Wildman–Crippen LogP) is 4.30. The average Bonchev–Trinajstić information content (AvgIpc) is 1.77. The zero-order chi connectivity index (χ0) is 12.7. The molecule has 0 rings (SSSR count). The van der Waals surface area contributed by atoms with E-state index in [9.17, 15) is 39.5 Å². The summed E-state index contributed by atoms with van der Waals surface area (Å²) in [5.74, 6) is 0. The van der Waals surface area contributed by atoms with Gasteiger partial charge in [0.25, 0.3) is 0 Å². The number of rotatable bonds is 2. The van der Waals surface area contributed by atoms with E-state index < -0.39 is 33.8 Å². The lowest BCUT2D eigenvalue weighted by atomic mass is 10.4. The molecule has 0 saturated carbocycles. The number of hydrogen-bond donors (Lipinski definition) is 0. The zero-order valence-corrected chi connectivity index (χ0v) is 7.76. The molecule has 0 aromatic rings. The molecule has 0 nitrogen and oxygen atoms in total. The van der Waals surface area contributed by atoms with Crippen molar-refractivity contribution in [1.82, 2.24) is 0 Å². The molecule has 0 amide bonds. The summed E-state index contributed by atoms with van der Waals surface area (Å²) in [5, 5.41) is -11.6. The minimum atomic E-state index is -6.46. The maximum atomic E-state index is 12.5. The third kappa shape index (κ3) is 3.51. The van der Waals surface area contributed by atoms with Crippen LogP contribution in [-0.2, 0) is 0 Å². The van der Waals surface area contributed by atoms with Crippen molar-refractivity contribution in [3.05, 3.63) is 0 Å². The van der Waals surface area contributed by atoms with Crippen molar-refractivity contribution in [2.45, 2.75) is 22.1 Å². The molecule has 0 aromatic carbocycles. The van der Waals surface area contributed by atoms with Crippen molar-refractivity contribution in [2.24, 2.45) is 0 Å². The molecule has 0 fully saturated rings. The molecule has 0 aromatic heterocycles. The van der Waals surface area contributed by atoms with Crippen LogP contribution in [0.1, 0.15) is 0 Å². The maximum absolute atomic E-state index is 12.5. The highest BCUT2D eigenvalue weighted by atomic mass is 35.5. The second-order valence-electron chi connectivity index (χ2n) is 2.14. The SMILES string of the molecule is FC(F)(F)SC(F)(C(F)(F)F)C(F)(F)Cl. The van der Waals surface area contributed by atoms with Gasteiger partial charge in [0.2, 0.25) is 0 Å². The molecule has 1 atom stereocenters. The summed E-state index contributed by atoms with van der Waals surface area (Å²) < 4.78 is 106. The van der Waals surface area contributed by atoms with Gasteiger partial charge in [-0.1, -0.05) is 0 Å². The lowest BCUT2D eigenvalue weighted by Gasteiger charge is -2.30. The third-order valence-corrected chi connectivity index (χ3v) is 2.36. The Bertz CT molecular complexity index is 210. The van der Waals surface area contributed by atoms with Gasteiger partial charge in [-0.3, -0.25) is 0 Å². The first kappa shape index (κ1) is 15.0. The third-order valence-electron chi connectivity index (χ3n) is 0.986. The summed E-state index contributed by atoms with van der Waals surface area (Å²) in [6.07, 6.45) is -6.46. The molecule has 0 aliphatic carbocycles. The van der Waals surface area contributed by atoms with Gasteiger partial charge in [-0.2, -0.15) is 35.1 Å². The van der Waals surface area contributed by atoms with Crippen LogP contribution < -0.4 is 0 Å². The van der Waals surface area contributed by atoms with Crippen LogP contribution in [0.2, 0.25) is 0 Å². The molecule has 0 aliphatic rings. The van der Waals surface area contributed by atoms with Crippen molar-refractivity contribution in [3.63, 3.8) is 0 Å². The monoisotopic (exact) mass is 286 g/mol. The van der Waals surface area contributed by atoms with Crippen LogP contribution in [0.5, 0.6) is 0 Å². The molecule has 0 saturated heterocycles. The largest absolute Gasteiger partial charge is 0.445 e. The van der Waals surface area contributed by atoms with E-state index in [-0.39, 0.29) is 0 Å². The fourth-order valence-electron chi connectivity index (χ4n) is 0.436. The summed E-state index contributed by atoms with van der Waals surface area (Å²) in [5.41, 5.74) is -5.84. The first-order valence-corrected chi connectivity index (χ1v) is 3.99. The summed E-state index contributed by atoms with van der Waals surface area (Å²) in [7, 11) is 0. The van der Waals surface area contributed by atoms with E-state index in [2.05, 4.69) is 11.6 Å². The van der Waals surface area contributed by atoms with Crippen LogP contribution >= 0.6 is 23.4 Å². The van der Waals surface area contributed by atoms with Gasteiger partial charge < -0.3 is 0 Å². The molecular weight excluding hydrogens is 287 g/mol. The van der Waals surface area contributed by atoms with E-state index in [1.54, 1.807) is 0 Å². The van der Waals surface area contributed by atoms with Crippen LogP contribution in [0.15, 0.2) is 0 Å². The Morgan fingerprint density at radius 3 is 1.13 bits per heavy atom. The van der Waals surface area contributed by atoms with Crippen molar-refractivity contribution >= 4 is 23.4 Å². The van der Waals surface area contributed by atoms with Crippen LogP contribution in [0.3, 0.4) is 0 Å². The maximum Gasteiger partial charge on any atom is 0.445 e. The van der Waals surface area contributed by atoms with Crippen LogP contribution in [0, 0.1) is 0 Å². The zero-order valence-electron chi connectivity index (χ0n) is 6.19. The smallest absolute Gasteiger partial charge is 0.213 e. The number of halogens is 10. The van der Waals surface area contributed by atoms with Crippen molar-refractivity contribution in [2.75, 3.05) is 0 Å². The predicted molar refractivity (Wildman–Crippen MR) is 34.3 cm³/mol. The molecule has 0 spiro atoms. The van der Waals surface area contributed by atoms with Gasteiger partial charge in [-0.25, -0.2) is 4.39 Å². The van der Waals surface area contributed by atoms with Gasteiger partial charge in [0.05, 0.1) is 0 Å². The second-order valence-corrected chi connectivity index (χ2v) is 3.84. The summed E-state index contributed by atoms with van der Waals surface area (Å²) in [4.78, 5) is 0. The first-order valence-electron chi connectivity index (χ1n) is 2.80. The Kier molecular flexibility index (Phi) is 3.79. The van der Waals surface area contributed by atoms with Gasteiger partial charge in [0.1, 0.15) is 0 Å². The molecule has 1 unspecified atom stereocenters. The van der Waals surface area contributed by atoms with E-state index in [0.29, 0.717) is 0 Å². The summed E-state index contributed by atoms with van der Waals surface area (Å²) in [6, 6.07) is 0. The Morgan fingerprint density at radius 1 is 0.733 bits per heavy atom. The van der Waals surface area contributed by atoms with Crippen LogP contribution in [-0.4, -0.2) is 22.1 Å². The van der Waals surface area contributed by atoms with Crippen molar-refractivity contribution in [3.8, 4) is 0 Å². The minimum Gasteiger partial charge on any atom is -0.213 e. The van der Waals surface area contributed by atoms with E-state index in [0.717, 1.165) is 0 Å². The number of alkyl halides is 10. The Balaban J connectivity index is 5.26. The van der Waals surface area contributed by atoms with Crippen LogP contribution in [0.4, 0.5) is 39.5 Å². The van der Waals surface area contributed by atoms with Gasteiger partial charge in [-0.15, -0.1) is 0 Å². The standard InChI is InChI=1S/C4ClF9S/c5-2(7,8)1(6,3(9,10)11)15-4(12,13)14. The minimum absolute atomic E-state index is 2.56. The number of hydrogen-bond acceptors (Lipinski definition) is 1. The van der Waals surface area contributed by atoms with Gasteiger partial charge in [-0.05, 0) is 11.6 Å².